The summed E-state index contributed by atoms with van der Waals surface area (Å²) in [5, 5.41) is 4.12. The molecule has 3 rings (SSSR count). The molecule has 0 saturated heterocycles. The fraction of sp³-hybridized carbons (Fsp3) is 0.200. The number of hydrogen-bond acceptors (Lipinski definition) is 5. The van der Waals surface area contributed by atoms with Gasteiger partial charge in [-0.05, 0) is 29.8 Å². The number of carbonyl (C=O) groups excluding carboxylic acids is 1. The number of ether oxygens (including phenoxy) is 1. The van der Waals surface area contributed by atoms with Crippen molar-refractivity contribution < 1.29 is 13.9 Å². The summed E-state index contributed by atoms with van der Waals surface area (Å²) in [5.41, 5.74) is 4.39. The molecule has 5 heteroatoms. The quantitative estimate of drug-likeness (QED) is 0.865. The lowest BCUT2D eigenvalue weighted by atomic mass is 9.92. The minimum atomic E-state index is -0.180. The summed E-state index contributed by atoms with van der Waals surface area (Å²) in [6.07, 6.45) is 1.48. The van der Waals surface area contributed by atoms with Gasteiger partial charge in [0.1, 0.15) is 11.5 Å². The van der Waals surface area contributed by atoms with E-state index in [0.717, 1.165) is 11.3 Å². The first kappa shape index (κ1) is 12.5. The normalized spacial score (nSPS) is 17.4. The second-order valence-electron chi connectivity index (χ2n) is 4.49. The van der Waals surface area contributed by atoms with Crippen molar-refractivity contribution in [3.8, 4) is 5.75 Å². The number of methoxy groups -OCH3 is 1. The summed E-state index contributed by atoms with van der Waals surface area (Å²) in [6, 6.07) is 11.0. The Morgan fingerprint density at radius 2 is 2.15 bits per heavy atom. The SMILES string of the molecule is COc1ccc([C@@H]2CNN=C2C(=O)c2ccco2)cc1. The number of nitrogens with zero attached hydrogens (tertiary/aromatic N) is 1. The van der Waals surface area contributed by atoms with Crippen molar-refractivity contribution >= 4 is 11.5 Å². The summed E-state index contributed by atoms with van der Waals surface area (Å²) in [5.74, 6) is 0.848. The van der Waals surface area contributed by atoms with E-state index in [9.17, 15) is 4.79 Å². The lowest BCUT2D eigenvalue weighted by Crippen LogP contribution is -2.21. The molecule has 5 nitrogen and oxygen atoms in total. The van der Waals surface area contributed by atoms with Gasteiger partial charge in [0.25, 0.3) is 0 Å². The van der Waals surface area contributed by atoms with Crippen molar-refractivity contribution in [2.24, 2.45) is 5.10 Å². The van der Waals surface area contributed by atoms with E-state index in [4.69, 9.17) is 9.15 Å². The molecule has 2 aromatic rings. The van der Waals surface area contributed by atoms with E-state index in [1.54, 1.807) is 19.2 Å². The lowest BCUT2D eigenvalue weighted by molar-refractivity contribution is 0.103. The first-order valence-electron chi connectivity index (χ1n) is 6.32. The van der Waals surface area contributed by atoms with Gasteiger partial charge in [0.15, 0.2) is 5.76 Å². The van der Waals surface area contributed by atoms with Gasteiger partial charge in [-0.2, -0.15) is 5.10 Å². The summed E-state index contributed by atoms with van der Waals surface area (Å²) in [7, 11) is 1.62. The first-order valence-corrected chi connectivity index (χ1v) is 6.32. The Kier molecular flexibility index (Phi) is 3.25. The highest BCUT2D eigenvalue weighted by Crippen LogP contribution is 2.24. The number of furan rings is 1. The Morgan fingerprint density at radius 3 is 2.80 bits per heavy atom. The van der Waals surface area contributed by atoms with Crippen LogP contribution in [0.25, 0.3) is 0 Å². The predicted octanol–water partition coefficient (Wildman–Crippen LogP) is 2.21. The zero-order valence-electron chi connectivity index (χ0n) is 11.0. The number of hydrazone groups is 1. The molecule has 0 aliphatic carbocycles. The summed E-state index contributed by atoms with van der Waals surface area (Å²) in [4.78, 5) is 12.3. The van der Waals surface area contributed by atoms with Crippen LogP contribution >= 0.6 is 0 Å². The van der Waals surface area contributed by atoms with Crippen LogP contribution in [-0.4, -0.2) is 25.1 Å². The lowest BCUT2D eigenvalue weighted by Gasteiger charge is -2.11. The smallest absolute Gasteiger partial charge is 0.244 e. The predicted molar refractivity (Wildman–Crippen MR) is 74.2 cm³/mol. The minimum absolute atomic E-state index is 0.0708. The Hall–Kier alpha value is -2.56. The number of hydrogen-bond donors (Lipinski definition) is 1. The van der Waals surface area contributed by atoms with Gasteiger partial charge in [-0.25, -0.2) is 0 Å². The molecule has 1 aromatic carbocycles. The molecule has 0 radical (unpaired) electrons. The van der Waals surface area contributed by atoms with E-state index in [1.165, 1.54) is 6.26 Å². The number of carbonyl (C=O) groups is 1. The van der Waals surface area contributed by atoms with Crippen LogP contribution < -0.4 is 10.2 Å². The average Bonchev–Trinajstić information content (AvgIpc) is 3.18. The molecule has 0 fully saturated rings. The molecule has 1 aliphatic heterocycles. The highest BCUT2D eigenvalue weighted by atomic mass is 16.5. The molecule has 1 N–H and O–H groups in total. The summed E-state index contributed by atoms with van der Waals surface area (Å²) < 4.78 is 10.3. The molecular formula is C15H14N2O3. The second-order valence-corrected chi connectivity index (χ2v) is 4.49. The molecule has 1 aromatic heterocycles. The first-order chi connectivity index (χ1) is 9.79. The number of nitrogens with one attached hydrogen (secondary N) is 1. The van der Waals surface area contributed by atoms with Gasteiger partial charge < -0.3 is 14.6 Å². The van der Waals surface area contributed by atoms with Crippen LogP contribution in [-0.2, 0) is 0 Å². The van der Waals surface area contributed by atoms with Crippen LogP contribution in [0.1, 0.15) is 22.0 Å². The zero-order chi connectivity index (χ0) is 13.9. The second kappa shape index (κ2) is 5.21. The fourth-order valence-corrected chi connectivity index (χ4v) is 2.25. The van der Waals surface area contributed by atoms with Gasteiger partial charge in [-0.1, -0.05) is 12.1 Å². The molecular weight excluding hydrogens is 256 g/mol. The Bertz CT molecular complexity index is 630. The maximum Gasteiger partial charge on any atom is 0.244 e. The molecule has 20 heavy (non-hydrogen) atoms. The largest absolute Gasteiger partial charge is 0.497 e. The van der Waals surface area contributed by atoms with Gasteiger partial charge in [0, 0.05) is 6.54 Å². The molecule has 1 atom stereocenters. The topological polar surface area (TPSA) is 63.8 Å². The van der Waals surface area contributed by atoms with E-state index < -0.39 is 0 Å². The number of benzene rings is 1. The van der Waals surface area contributed by atoms with E-state index in [-0.39, 0.29) is 11.7 Å². The molecule has 0 saturated carbocycles. The van der Waals surface area contributed by atoms with Crippen LogP contribution in [0.3, 0.4) is 0 Å². The molecule has 0 amide bonds. The third-order valence-corrected chi connectivity index (χ3v) is 3.32. The van der Waals surface area contributed by atoms with Gasteiger partial charge in [0.2, 0.25) is 5.78 Å². The molecule has 0 unspecified atom stereocenters. The van der Waals surface area contributed by atoms with Crippen LogP contribution in [0.5, 0.6) is 5.75 Å². The minimum Gasteiger partial charge on any atom is -0.497 e. The monoisotopic (exact) mass is 270 g/mol. The molecule has 1 aliphatic rings. The Morgan fingerprint density at radius 1 is 1.35 bits per heavy atom. The average molecular weight is 270 g/mol. The fourth-order valence-electron chi connectivity index (χ4n) is 2.25. The van der Waals surface area contributed by atoms with Crippen molar-refractivity contribution in [1.82, 2.24) is 5.43 Å². The van der Waals surface area contributed by atoms with Crippen molar-refractivity contribution in [3.05, 3.63) is 54.0 Å². The zero-order valence-corrected chi connectivity index (χ0v) is 11.0. The van der Waals surface area contributed by atoms with Crippen molar-refractivity contribution in [3.63, 3.8) is 0 Å². The van der Waals surface area contributed by atoms with Crippen LogP contribution in [0.2, 0.25) is 0 Å². The molecule has 2 heterocycles. The third kappa shape index (κ3) is 2.18. The van der Waals surface area contributed by atoms with Crippen molar-refractivity contribution in [1.29, 1.82) is 0 Å². The van der Waals surface area contributed by atoms with Gasteiger partial charge >= 0.3 is 0 Å². The highest BCUT2D eigenvalue weighted by molar-refractivity contribution is 6.47. The van der Waals surface area contributed by atoms with Gasteiger partial charge in [-0.15, -0.1) is 0 Å². The molecule has 102 valence electrons. The van der Waals surface area contributed by atoms with Gasteiger partial charge in [-0.3, -0.25) is 4.79 Å². The maximum atomic E-state index is 12.3. The maximum absolute atomic E-state index is 12.3. The van der Waals surface area contributed by atoms with Crippen molar-refractivity contribution in [2.75, 3.05) is 13.7 Å². The number of Topliss-reactive ketones (excluding diaryl/α,β-unsaturated/α-hetero) is 1. The number of rotatable bonds is 4. The van der Waals surface area contributed by atoms with Crippen molar-refractivity contribution in [2.45, 2.75) is 5.92 Å². The van der Waals surface area contributed by atoms with Crippen LogP contribution in [0.15, 0.2) is 52.2 Å². The van der Waals surface area contributed by atoms with E-state index >= 15 is 0 Å². The Balaban J connectivity index is 1.86. The van der Waals surface area contributed by atoms with Crippen LogP contribution in [0.4, 0.5) is 0 Å². The Labute approximate surface area is 116 Å². The standard InChI is InChI=1S/C15H14N2O3/c1-19-11-6-4-10(5-7-11)12-9-16-17-14(12)15(18)13-3-2-8-20-13/h2-8,12,16H,9H2,1H3/t12-/m0/s1. The third-order valence-electron chi connectivity index (χ3n) is 3.32. The molecule has 0 bridgehead atoms. The highest BCUT2D eigenvalue weighted by Gasteiger charge is 2.30. The molecule has 0 spiro atoms. The number of ketones is 1. The van der Waals surface area contributed by atoms with E-state index in [1.807, 2.05) is 24.3 Å². The van der Waals surface area contributed by atoms with E-state index in [0.29, 0.717) is 18.0 Å². The summed E-state index contributed by atoms with van der Waals surface area (Å²) >= 11 is 0. The van der Waals surface area contributed by atoms with Crippen LogP contribution in [0, 0.1) is 0 Å². The van der Waals surface area contributed by atoms with Gasteiger partial charge in [0.05, 0.1) is 19.3 Å². The van der Waals surface area contributed by atoms with E-state index in [2.05, 4.69) is 10.5 Å². The summed E-state index contributed by atoms with van der Waals surface area (Å²) in [6.45, 7) is 0.605.